The molecule has 26 heavy (non-hydrogen) atoms. The van der Waals surface area contributed by atoms with Gasteiger partial charge in [0.2, 0.25) is 0 Å². The summed E-state index contributed by atoms with van der Waals surface area (Å²) in [6.45, 7) is 2.31. The Morgan fingerprint density at radius 3 is 2.73 bits per heavy atom. The van der Waals surface area contributed by atoms with Gasteiger partial charge in [0.1, 0.15) is 18.1 Å². The van der Waals surface area contributed by atoms with Crippen LogP contribution in [0.1, 0.15) is 20.8 Å². The molecule has 0 radical (unpaired) electrons. The van der Waals surface area contributed by atoms with Crippen LogP contribution in [-0.2, 0) is 6.61 Å². The summed E-state index contributed by atoms with van der Waals surface area (Å²) in [7, 11) is 1.58. The van der Waals surface area contributed by atoms with Crippen LogP contribution in [0, 0.1) is 6.92 Å². The second-order valence-corrected chi connectivity index (χ2v) is 7.01. The molecule has 0 aliphatic heterocycles. The van der Waals surface area contributed by atoms with E-state index in [1.54, 1.807) is 13.2 Å². The highest BCUT2D eigenvalue weighted by atomic mass is 35.5. The zero-order valence-corrected chi connectivity index (χ0v) is 16.0. The van der Waals surface area contributed by atoms with Gasteiger partial charge in [-0.1, -0.05) is 29.8 Å². The Morgan fingerprint density at radius 1 is 1.15 bits per heavy atom. The Bertz CT molecular complexity index is 923. The summed E-state index contributed by atoms with van der Waals surface area (Å²) in [5.41, 5.74) is 2.61. The van der Waals surface area contributed by atoms with Gasteiger partial charge >= 0.3 is 0 Å². The number of nitrogens with one attached hydrogen (secondary N) is 1. The molecule has 1 heterocycles. The summed E-state index contributed by atoms with van der Waals surface area (Å²) in [5.74, 6) is 1.07. The van der Waals surface area contributed by atoms with Gasteiger partial charge in [-0.05, 0) is 48.2 Å². The number of hydrogen-bond acceptors (Lipinski definition) is 4. The Balaban J connectivity index is 1.67. The molecular formula is C20H18ClNO3S. The van der Waals surface area contributed by atoms with Crippen LogP contribution in [0.4, 0.5) is 5.69 Å². The maximum Gasteiger partial charge on any atom is 0.265 e. The lowest BCUT2D eigenvalue weighted by atomic mass is 10.2. The van der Waals surface area contributed by atoms with Crippen LogP contribution in [0.25, 0.3) is 0 Å². The highest BCUT2D eigenvalue weighted by Crippen LogP contribution is 2.28. The third-order valence-corrected chi connectivity index (χ3v) is 5.00. The van der Waals surface area contributed by atoms with Gasteiger partial charge in [0.15, 0.2) is 0 Å². The first-order chi connectivity index (χ1) is 12.6. The van der Waals surface area contributed by atoms with Gasteiger partial charge in [0.25, 0.3) is 5.91 Å². The number of ether oxygens (including phenoxy) is 2. The highest BCUT2D eigenvalue weighted by Gasteiger charge is 2.13. The molecule has 0 fully saturated rings. The van der Waals surface area contributed by atoms with E-state index in [2.05, 4.69) is 5.32 Å². The fraction of sp³-hybridized carbons (Fsp3) is 0.150. The summed E-state index contributed by atoms with van der Waals surface area (Å²) in [5, 5.41) is 5.36. The van der Waals surface area contributed by atoms with Crippen LogP contribution >= 0.6 is 22.9 Å². The number of thiophene rings is 1. The summed E-state index contributed by atoms with van der Waals surface area (Å²) in [4.78, 5) is 13.1. The molecule has 3 rings (SSSR count). The molecule has 1 aromatic heterocycles. The van der Waals surface area contributed by atoms with Gasteiger partial charge < -0.3 is 14.8 Å². The van der Waals surface area contributed by atoms with Crippen molar-refractivity contribution < 1.29 is 14.3 Å². The second-order valence-electron chi connectivity index (χ2n) is 5.70. The van der Waals surface area contributed by atoms with Crippen LogP contribution in [0.3, 0.4) is 0 Å². The number of para-hydroxylation sites is 1. The van der Waals surface area contributed by atoms with Gasteiger partial charge in [-0.2, -0.15) is 0 Å². The zero-order valence-electron chi connectivity index (χ0n) is 14.4. The Kier molecular flexibility index (Phi) is 5.81. The number of carbonyl (C=O) groups excluding carboxylic acids is 1. The van der Waals surface area contributed by atoms with E-state index in [0.29, 0.717) is 33.7 Å². The van der Waals surface area contributed by atoms with Crippen molar-refractivity contribution in [3.63, 3.8) is 0 Å². The molecule has 1 N–H and O–H groups in total. The molecule has 0 saturated heterocycles. The Morgan fingerprint density at radius 2 is 1.96 bits per heavy atom. The molecule has 0 bridgehead atoms. The molecule has 3 aromatic rings. The van der Waals surface area contributed by atoms with E-state index in [9.17, 15) is 4.79 Å². The van der Waals surface area contributed by atoms with Crippen LogP contribution in [0.15, 0.2) is 53.9 Å². The smallest absolute Gasteiger partial charge is 0.265 e. The highest BCUT2D eigenvalue weighted by molar-refractivity contribution is 7.12. The molecule has 0 atom stereocenters. The quantitative estimate of drug-likeness (QED) is 0.603. The minimum atomic E-state index is -0.178. The number of benzene rings is 2. The number of halogens is 1. The molecule has 0 spiro atoms. The number of anilines is 1. The van der Waals surface area contributed by atoms with E-state index in [1.807, 2.05) is 54.8 Å². The predicted octanol–water partition coefficient (Wildman–Crippen LogP) is 5.55. The van der Waals surface area contributed by atoms with Crippen molar-refractivity contribution in [2.45, 2.75) is 13.5 Å². The van der Waals surface area contributed by atoms with Crippen molar-refractivity contribution in [3.8, 4) is 11.5 Å². The number of methoxy groups -OCH3 is 1. The molecule has 0 saturated carbocycles. The van der Waals surface area contributed by atoms with Gasteiger partial charge in [0.05, 0.1) is 22.7 Å². The molecule has 6 heteroatoms. The van der Waals surface area contributed by atoms with Gasteiger partial charge in [-0.3, -0.25) is 4.79 Å². The van der Waals surface area contributed by atoms with Crippen molar-refractivity contribution in [1.29, 1.82) is 0 Å². The van der Waals surface area contributed by atoms with Crippen molar-refractivity contribution in [3.05, 3.63) is 74.9 Å². The molecule has 0 aliphatic carbocycles. The van der Waals surface area contributed by atoms with Crippen LogP contribution in [0.2, 0.25) is 5.02 Å². The van der Waals surface area contributed by atoms with Gasteiger partial charge in [-0.25, -0.2) is 0 Å². The largest absolute Gasteiger partial charge is 0.495 e. The molecule has 2 aromatic carbocycles. The minimum Gasteiger partial charge on any atom is -0.495 e. The SMILES string of the molecule is COc1ccc(C)cc1NC(=O)c1cc(COc2ccccc2Cl)cs1. The summed E-state index contributed by atoms with van der Waals surface area (Å²) < 4.78 is 11.0. The first-order valence-electron chi connectivity index (χ1n) is 7.97. The molecular weight excluding hydrogens is 370 g/mol. The van der Waals surface area contributed by atoms with E-state index in [0.717, 1.165) is 11.1 Å². The van der Waals surface area contributed by atoms with E-state index >= 15 is 0 Å². The lowest BCUT2D eigenvalue weighted by molar-refractivity contribution is 0.103. The van der Waals surface area contributed by atoms with Crippen molar-refractivity contribution in [2.75, 3.05) is 12.4 Å². The first-order valence-corrected chi connectivity index (χ1v) is 9.23. The number of aryl methyl sites for hydroxylation is 1. The molecule has 0 unspecified atom stereocenters. The average molecular weight is 388 g/mol. The van der Waals surface area contributed by atoms with E-state index in [4.69, 9.17) is 21.1 Å². The van der Waals surface area contributed by atoms with E-state index in [1.165, 1.54) is 11.3 Å². The molecule has 134 valence electrons. The zero-order chi connectivity index (χ0) is 18.5. The summed E-state index contributed by atoms with van der Waals surface area (Å²) >= 11 is 7.45. The molecule has 4 nitrogen and oxygen atoms in total. The van der Waals surface area contributed by atoms with Crippen molar-refractivity contribution in [1.82, 2.24) is 0 Å². The maximum absolute atomic E-state index is 12.5. The third-order valence-electron chi connectivity index (χ3n) is 3.71. The van der Waals surface area contributed by atoms with Gasteiger partial charge in [-0.15, -0.1) is 11.3 Å². The number of amides is 1. The van der Waals surface area contributed by atoms with Crippen LogP contribution < -0.4 is 14.8 Å². The maximum atomic E-state index is 12.5. The standard InChI is InChI=1S/C20H18ClNO3S/c1-13-7-8-18(24-2)16(9-13)22-20(23)19-10-14(12-26-19)11-25-17-6-4-3-5-15(17)21/h3-10,12H,11H2,1-2H3,(H,22,23). The first kappa shape index (κ1) is 18.3. The molecule has 1 amide bonds. The monoisotopic (exact) mass is 387 g/mol. The lowest BCUT2D eigenvalue weighted by Gasteiger charge is -2.10. The predicted molar refractivity (Wildman–Crippen MR) is 106 cm³/mol. The molecule has 0 aliphatic rings. The Hall–Kier alpha value is -2.50. The van der Waals surface area contributed by atoms with E-state index in [-0.39, 0.29) is 5.91 Å². The third kappa shape index (κ3) is 4.36. The average Bonchev–Trinajstić information content (AvgIpc) is 3.10. The van der Waals surface area contributed by atoms with Gasteiger partial charge in [0, 0.05) is 5.56 Å². The topological polar surface area (TPSA) is 47.6 Å². The minimum absolute atomic E-state index is 0.178. The Labute approximate surface area is 161 Å². The lowest BCUT2D eigenvalue weighted by Crippen LogP contribution is -2.11. The number of rotatable bonds is 6. The number of hydrogen-bond donors (Lipinski definition) is 1. The van der Waals surface area contributed by atoms with Crippen molar-refractivity contribution >= 4 is 34.5 Å². The number of carbonyl (C=O) groups is 1. The summed E-state index contributed by atoms with van der Waals surface area (Å²) in [6, 6.07) is 14.8. The second kappa shape index (κ2) is 8.25. The van der Waals surface area contributed by atoms with Crippen molar-refractivity contribution in [2.24, 2.45) is 0 Å². The van der Waals surface area contributed by atoms with Crippen LogP contribution in [0.5, 0.6) is 11.5 Å². The fourth-order valence-corrected chi connectivity index (χ4v) is 3.38. The fourth-order valence-electron chi connectivity index (χ4n) is 2.40. The van der Waals surface area contributed by atoms with E-state index < -0.39 is 0 Å². The van der Waals surface area contributed by atoms with Crippen LogP contribution in [-0.4, -0.2) is 13.0 Å². The summed E-state index contributed by atoms with van der Waals surface area (Å²) in [6.07, 6.45) is 0. The normalized spacial score (nSPS) is 10.4.